The summed E-state index contributed by atoms with van der Waals surface area (Å²) in [4.78, 5) is 15.7. The molecule has 0 aromatic carbocycles. The molecule has 4 nitrogen and oxygen atoms in total. The van der Waals surface area contributed by atoms with E-state index in [-0.39, 0.29) is 12.4 Å². The molecule has 1 aliphatic carbocycles. The van der Waals surface area contributed by atoms with Crippen LogP contribution >= 0.6 is 0 Å². The normalized spacial score (nSPS) is 14.8. The first-order chi connectivity index (χ1) is 7.22. The number of hydrogen-bond donors (Lipinski definition) is 0. The van der Waals surface area contributed by atoms with Gasteiger partial charge in [0.25, 0.3) is 0 Å². The maximum atomic E-state index is 11.2. The molecule has 0 aliphatic heterocycles. The fraction of sp³-hybridized carbons (Fsp3) is 0.636. The first-order valence-electron chi connectivity index (χ1n) is 5.32. The number of aryl methyl sites for hydroxylation is 1. The number of esters is 1. The molecular formula is C11H16N2O2. The second-order valence-electron chi connectivity index (χ2n) is 3.94. The largest absolute Gasteiger partial charge is 0.469 e. The van der Waals surface area contributed by atoms with Crippen LogP contribution in [0, 0.1) is 0 Å². The molecule has 1 aromatic rings. The molecule has 0 amide bonds. The van der Waals surface area contributed by atoms with Crippen molar-refractivity contribution in [2.45, 2.75) is 32.1 Å². The molecule has 1 heterocycles. The number of fused-ring (bicyclic) bond motifs is 1. The molecule has 0 fully saturated rings. The van der Waals surface area contributed by atoms with Gasteiger partial charge in [0.15, 0.2) is 0 Å². The highest BCUT2D eigenvalue weighted by Crippen LogP contribution is 2.21. The van der Waals surface area contributed by atoms with E-state index in [1.807, 2.05) is 11.6 Å². The summed E-state index contributed by atoms with van der Waals surface area (Å²) in [6, 6.07) is 0. The molecule has 0 radical (unpaired) electrons. The van der Waals surface area contributed by atoms with Crippen molar-refractivity contribution in [2.24, 2.45) is 7.05 Å². The number of rotatable bonds is 2. The van der Waals surface area contributed by atoms with E-state index < -0.39 is 0 Å². The second-order valence-corrected chi connectivity index (χ2v) is 3.94. The SMILES string of the molecule is COC(=O)Cc1nc2c(n1C)CCCC2. The first kappa shape index (κ1) is 10.2. The summed E-state index contributed by atoms with van der Waals surface area (Å²) >= 11 is 0. The van der Waals surface area contributed by atoms with Crippen molar-refractivity contribution in [1.29, 1.82) is 0 Å². The molecule has 1 aromatic heterocycles. The average molecular weight is 208 g/mol. The van der Waals surface area contributed by atoms with E-state index in [0.29, 0.717) is 0 Å². The van der Waals surface area contributed by atoms with Crippen molar-refractivity contribution in [1.82, 2.24) is 9.55 Å². The zero-order valence-electron chi connectivity index (χ0n) is 9.25. The number of hydrogen-bond acceptors (Lipinski definition) is 3. The van der Waals surface area contributed by atoms with Crippen LogP contribution < -0.4 is 0 Å². The summed E-state index contributed by atoms with van der Waals surface area (Å²) in [5, 5.41) is 0. The second kappa shape index (κ2) is 4.04. The third kappa shape index (κ3) is 1.89. The summed E-state index contributed by atoms with van der Waals surface area (Å²) in [5.41, 5.74) is 2.46. The van der Waals surface area contributed by atoms with Crippen LogP contribution in [0.4, 0.5) is 0 Å². The van der Waals surface area contributed by atoms with Gasteiger partial charge in [-0.2, -0.15) is 0 Å². The average Bonchev–Trinajstić information content (AvgIpc) is 2.57. The molecule has 2 rings (SSSR count). The van der Waals surface area contributed by atoms with E-state index in [9.17, 15) is 4.79 Å². The molecule has 15 heavy (non-hydrogen) atoms. The lowest BCUT2D eigenvalue weighted by atomic mass is 10.0. The highest BCUT2D eigenvalue weighted by molar-refractivity contribution is 5.71. The van der Waals surface area contributed by atoms with E-state index in [0.717, 1.165) is 18.7 Å². The summed E-state index contributed by atoms with van der Waals surface area (Å²) in [6.45, 7) is 0. The van der Waals surface area contributed by atoms with Gasteiger partial charge in [-0.1, -0.05) is 0 Å². The van der Waals surface area contributed by atoms with Crippen molar-refractivity contribution >= 4 is 5.97 Å². The molecular weight excluding hydrogens is 192 g/mol. The van der Waals surface area contributed by atoms with Gasteiger partial charge in [-0.05, 0) is 25.7 Å². The van der Waals surface area contributed by atoms with Crippen LogP contribution in [0.15, 0.2) is 0 Å². The molecule has 82 valence electrons. The minimum atomic E-state index is -0.222. The quantitative estimate of drug-likeness (QED) is 0.681. The van der Waals surface area contributed by atoms with Gasteiger partial charge in [-0.25, -0.2) is 4.98 Å². The highest BCUT2D eigenvalue weighted by atomic mass is 16.5. The molecule has 0 saturated heterocycles. The summed E-state index contributed by atoms with van der Waals surface area (Å²) < 4.78 is 6.70. The third-order valence-electron chi connectivity index (χ3n) is 3.00. The van der Waals surface area contributed by atoms with E-state index >= 15 is 0 Å². The number of carbonyl (C=O) groups excluding carboxylic acids is 1. The summed E-state index contributed by atoms with van der Waals surface area (Å²) in [6.07, 6.45) is 4.84. The Bertz CT molecular complexity index is 382. The van der Waals surface area contributed by atoms with Crippen LogP contribution in [0.3, 0.4) is 0 Å². The molecule has 0 bridgehead atoms. The van der Waals surface area contributed by atoms with Gasteiger partial charge in [0.05, 0.1) is 12.8 Å². The number of carbonyl (C=O) groups is 1. The molecule has 0 saturated carbocycles. The number of imidazole rings is 1. The minimum absolute atomic E-state index is 0.222. The van der Waals surface area contributed by atoms with Crippen LogP contribution in [0.2, 0.25) is 0 Å². The Kier molecular flexibility index (Phi) is 2.75. The minimum Gasteiger partial charge on any atom is -0.469 e. The lowest BCUT2D eigenvalue weighted by Crippen LogP contribution is -2.10. The maximum Gasteiger partial charge on any atom is 0.313 e. The van der Waals surface area contributed by atoms with Gasteiger partial charge in [0.2, 0.25) is 0 Å². The molecule has 0 N–H and O–H groups in total. The fourth-order valence-corrected chi connectivity index (χ4v) is 2.10. The van der Waals surface area contributed by atoms with Gasteiger partial charge in [-0.3, -0.25) is 4.79 Å². The van der Waals surface area contributed by atoms with Crippen molar-refractivity contribution < 1.29 is 9.53 Å². The zero-order valence-corrected chi connectivity index (χ0v) is 9.25. The van der Waals surface area contributed by atoms with Gasteiger partial charge in [0, 0.05) is 12.7 Å². The Hall–Kier alpha value is -1.32. The first-order valence-corrected chi connectivity index (χ1v) is 5.32. The van der Waals surface area contributed by atoms with E-state index in [4.69, 9.17) is 0 Å². The van der Waals surface area contributed by atoms with E-state index in [2.05, 4.69) is 9.72 Å². The van der Waals surface area contributed by atoms with Crippen LogP contribution in [-0.4, -0.2) is 22.6 Å². The molecule has 0 unspecified atom stereocenters. The molecule has 1 aliphatic rings. The summed E-state index contributed by atoms with van der Waals surface area (Å²) in [7, 11) is 3.39. The Morgan fingerprint density at radius 2 is 2.20 bits per heavy atom. The Morgan fingerprint density at radius 3 is 2.87 bits per heavy atom. The van der Waals surface area contributed by atoms with Gasteiger partial charge in [0.1, 0.15) is 12.2 Å². The zero-order chi connectivity index (χ0) is 10.8. The number of nitrogens with zero attached hydrogens (tertiary/aromatic N) is 2. The number of aromatic nitrogens is 2. The molecule has 0 spiro atoms. The van der Waals surface area contributed by atoms with Crippen molar-refractivity contribution in [3.63, 3.8) is 0 Å². The highest BCUT2D eigenvalue weighted by Gasteiger charge is 2.19. The van der Waals surface area contributed by atoms with E-state index in [1.165, 1.54) is 31.3 Å². The summed E-state index contributed by atoms with van der Waals surface area (Å²) in [5.74, 6) is 0.606. The third-order valence-corrected chi connectivity index (χ3v) is 3.00. The fourth-order valence-electron chi connectivity index (χ4n) is 2.10. The van der Waals surface area contributed by atoms with Gasteiger partial charge < -0.3 is 9.30 Å². The predicted molar refractivity (Wildman–Crippen MR) is 55.6 cm³/mol. The predicted octanol–water partition coefficient (Wildman–Crippen LogP) is 1.01. The molecule has 4 heteroatoms. The topological polar surface area (TPSA) is 44.1 Å². The van der Waals surface area contributed by atoms with E-state index in [1.54, 1.807) is 0 Å². The maximum absolute atomic E-state index is 11.2. The lowest BCUT2D eigenvalue weighted by molar-refractivity contribution is -0.139. The van der Waals surface area contributed by atoms with Crippen molar-refractivity contribution in [3.8, 4) is 0 Å². The molecule has 0 atom stereocenters. The van der Waals surface area contributed by atoms with Gasteiger partial charge >= 0.3 is 5.97 Å². The Labute approximate surface area is 89.3 Å². The van der Waals surface area contributed by atoms with Crippen molar-refractivity contribution in [3.05, 3.63) is 17.2 Å². The van der Waals surface area contributed by atoms with Crippen LogP contribution in [0.1, 0.15) is 30.1 Å². The van der Waals surface area contributed by atoms with Crippen LogP contribution in [-0.2, 0) is 35.8 Å². The van der Waals surface area contributed by atoms with Crippen molar-refractivity contribution in [2.75, 3.05) is 7.11 Å². The van der Waals surface area contributed by atoms with Crippen LogP contribution in [0.5, 0.6) is 0 Å². The van der Waals surface area contributed by atoms with Gasteiger partial charge in [-0.15, -0.1) is 0 Å². The lowest BCUT2D eigenvalue weighted by Gasteiger charge is -2.11. The standard InChI is InChI=1S/C11H16N2O2/c1-13-9-6-4-3-5-8(9)12-10(13)7-11(14)15-2/h3-7H2,1-2H3. The number of ether oxygens (including phenoxy) is 1. The Balaban J connectivity index is 2.25. The van der Waals surface area contributed by atoms with Crippen LogP contribution in [0.25, 0.3) is 0 Å². The monoisotopic (exact) mass is 208 g/mol. The Morgan fingerprint density at radius 1 is 1.47 bits per heavy atom. The number of methoxy groups -OCH3 is 1. The smallest absolute Gasteiger partial charge is 0.313 e.